The number of hydrogen-bond donors (Lipinski definition) is 1. The molecule has 0 atom stereocenters. The third-order valence-corrected chi connectivity index (χ3v) is 4.44. The van der Waals surface area contributed by atoms with Crippen molar-refractivity contribution in [3.8, 4) is 0 Å². The Hall–Kier alpha value is -0.900. The second-order valence-corrected chi connectivity index (χ2v) is 6.05. The number of benzene rings is 1. The maximum atomic E-state index is 5.28. The number of hydrogen-bond acceptors (Lipinski definition) is 3. The average Bonchev–Trinajstić information content (AvgIpc) is 2.51. The molecule has 0 unspecified atom stereocenters. The zero-order valence-corrected chi connectivity index (χ0v) is 13.6. The van der Waals surface area contributed by atoms with Gasteiger partial charge >= 0.3 is 0 Å². The van der Waals surface area contributed by atoms with Gasteiger partial charge in [0.25, 0.3) is 0 Å². The van der Waals surface area contributed by atoms with E-state index in [1.807, 2.05) is 7.11 Å². The fraction of sp³-hybridized carbons (Fsp3) is 0.667. The van der Waals surface area contributed by atoms with Crippen LogP contribution in [-0.2, 0) is 17.7 Å². The summed E-state index contributed by atoms with van der Waals surface area (Å²) in [4.78, 5) is 2.60. The topological polar surface area (TPSA) is 24.5 Å². The number of ether oxygens (including phenoxy) is 1. The first kappa shape index (κ1) is 16.5. The molecule has 1 aliphatic rings. The van der Waals surface area contributed by atoms with Crippen LogP contribution in [0.3, 0.4) is 0 Å². The van der Waals surface area contributed by atoms with Crippen molar-refractivity contribution in [1.29, 1.82) is 0 Å². The van der Waals surface area contributed by atoms with Crippen LogP contribution in [-0.4, -0.2) is 44.8 Å². The Kier molecular flexibility index (Phi) is 7.20. The first-order valence-electron chi connectivity index (χ1n) is 8.32. The molecule has 1 aliphatic heterocycles. The normalized spacial score (nSPS) is 17.2. The fourth-order valence-corrected chi connectivity index (χ4v) is 3.14. The molecule has 1 heterocycles. The predicted molar refractivity (Wildman–Crippen MR) is 88.6 cm³/mol. The lowest BCUT2D eigenvalue weighted by Crippen LogP contribution is -2.34. The van der Waals surface area contributed by atoms with Crippen LogP contribution in [0.2, 0.25) is 0 Å². The summed E-state index contributed by atoms with van der Waals surface area (Å²) in [5, 5.41) is 3.42. The number of nitrogens with zero attached hydrogens (tertiary/aromatic N) is 1. The van der Waals surface area contributed by atoms with Crippen LogP contribution in [0.5, 0.6) is 0 Å². The molecule has 0 bridgehead atoms. The SMILES string of the molecule is CCNCCc1ccccc1CN1CCC(COC)CC1. The molecule has 1 aromatic rings. The lowest BCUT2D eigenvalue weighted by Gasteiger charge is -2.32. The van der Waals surface area contributed by atoms with E-state index in [-0.39, 0.29) is 0 Å². The summed E-state index contributed by atoms with van der Waals surface area (Å²) in [5.41, 5.74) is 3.00. The molecular weight excluding hydrogens is 260 g/mol. The number of methoxy groups -OCH3 is 1. The number of likely N-dealkylation sites (tertiary alicyclic amines) is 1. The smallest absolute Gasteiger partial charge is 0.0491 e. The molecule has 1 aromatic carbocycles. The van der Waals surface area contributed by atoms with Gasteiger partial charge in [0.2, 0.25) is 0 Å². The van der Waals surface area contributed by atoms with Gasteiger partial charge in [-0.15, -0.1) is 0 Å². The van der Waals surface area contributed by atoms with Crippen LogP contribution in [0.15, 0.2) is 24.3 Å². The number of piperidine rings is 1. The summed E-state index contributed by atoms with van der Waals surface area (Å²) < 4.78 is 5.28. The van der Waals surface area contributed by atoms with E-state index in [4.69, 9.17) is 4.74 Å². The lowest BCUT2D eigenvalue weighted by molar-refractivity contribution is 0.0967. The van der Waals surface area contributed by atoms with Crippen LogP contribution >= 0.6 is 0 Å². The largest absolute Gasteiger partial charge is 0.384 e. The fourth-order valence-electron chi connectivity index (χ4n) is 3.14. The van der Waals surface area contributed by atoms with Crippen LogP contribution in [0, 0.1) is 5.92 Å². The van der Waals surface area contributed by atoms with Gasteiger partial charge in [-0.05, 0) is 62.5 Å². The van der Waals surface area contributed by atoms with Crippen molar-refractivity contribution < 1.29 is 4.74 Å². The Morgan fingerprint density at radius 3 is 2.57 bits per heavy atom. The molecule has 0 saturated carbocycles. The van der Waals surface area contributed by atoms with E-state index in [0.29, 0.717) is 0 Å². The molecule has 0 spiro atoms. The molecule has 0 aromatic heterocycles. The summed E-state index contributed by atoms with van der Waals surface area (Å²) in [6.45, 7) is 8.72. The summed E-state index contributed by atoms with van der Waals surface area (Å²) in [6, 6.07) is 8.91. The highest BCUT2D eigenvalue weighted by Crippen LogP contribution is 2.20. The quantitative estimate of drug-likeness (QED) is 0.745. The molecule has 2 rings (SSSR count). The Bertz CT molecular complexity index is 400. The van der Waals surface area contributed by atoms with Crippen LogP contribution < -0.4 is 5.32 Å². The van der Waals surface area contributed by atoms with E-state index in [1.165, 1.54) is 37.1 Å². The molecule has 21 heavy (non-hydrogen) atoms. The minimum Gasteiger partial charge on any atom is -0.384 e. The Morgan fingerprint density at radius 2 is 1.90 bits per heavy atom. The summed E-state index contributed by atoms with van der Waals surface area (Å²) >= 11 is 0. The summed E-state index contributed by atoms with van der Waals surface area (Å²) in [6.07, 6.45) is 3.67. The van der Waals surface area contributed by atoms with Crippen molar-refractivity contribution in [2.45, 2.75) is 32.7 Å². The molecule has 3 nitrogen and oxygen atoms in total. The third kappa shape index (κ3) is 5.42. The van der Waals surface area contributed by atoms with Gasteiger partial charge in [0, 0.05) is 20.3 Å². The Balaban J connectivity index is 1.85. The lowest BCUT2D eigenvalue weighted by atomic mass is 9.96. The average molecular weight is 290 g/mol. The monoisotopic (exact) mass is 290 g/mol. The van der Waals surface area contributed by atoms with E-state index in [9.17, 15) is 0 Å². The van der Waals surface area contributed by atoms with Gasteiger partial charge in [0.1, 0.15) is 0 Å². The molecule has 1 N–H and O–H groups in total. The van der Waals surface area contributed by atoms with Gasteiger partial charge in [-0.2, -0.15) is 0 Å². The summed E-state index contributed by atoms with van der Waals surface area (Å²) in [7, 11) is 1.81. The van der Waals surface area contributed by atoms with Gasteiger partial charge < -0.3 is 10.1 Å². The molecule has 0 aliphatic carbocycles. The highest BCUT2D eigenvalue weighted by Gasteiger charge is 2.19. The first-order chi connectivity index (χ1) is 10.3. The molecular formula is C18H30N2O. The van der Waals surface area contributed by atoms with Crippen molar-refractivity contribution in [2.24, 2.45) is 5.92 Å². The maximum absolute atomic E-state index is 5.28. The molecule has 0 radical (unpaired) electrons. The molecule has 3 heteroatoms. The van der Waals surface area contributed by atoms with E-state index in [0.717, 1.165) is 38.6 Å². The van der Waals surface area contributed by atoms with Gasteiger partial charge in [-0.3, -0.25) is 4.90 Å². The maximum Gasteiger partial charge on any atom is 0.0491 e. The molecule has 0 amide bonds. The molecule has 1 saturated heterocycles. The minimum atomic E-state index is 0.759. The number of nitrogens with one attached hydrogen (secondary N) is 1. The van der Waals surface area contributed by atoms with Crippen molar-refractivity contribution in [3.05, 3.63) is 35.4 Å². The highest BCUT2D eigenvalue weighted by molar-refractivity contribution is 5.27. The summed E-state index contributed by atoms with van der Waals surface area (Å²) in [5.74, 6) is 0.759. The third-order valence-electron chi connectivity index (χ3n) is 4.44. The van der Waals surface area contributed by atoms with Gasteiger partial charge in [-0.1, -0.05) is 31.2 Å². The van der Waals surface area contributed by atoms with Crippen LogP contribution in [0.4, 0.5) is 0 Å². The van der Waals surface area contributed by atoms with Crippen molar-refractivity contribution in [1.82, 2.24) is 10.2 Å². The zero-order chi connectivity index (χ0) is 14.9. The van der Waals surface area contributed by atoms with Crippen LogP contribution in [0.1, 0.15) is 30.9 Å². The Labute approximate surface area is 129 Å². The van der Waals surface area contributed by atoms with Crippen molar-refractivity contribution in [3.63, 3.8) is 0 Å². The van der Waals surface area contributed by atoms with Crippen molar-refractivity contribution >= 4 is 0 Å². The second kappa shape index (κ2) is 9.19. The van der Waals surface area contributed by atoms with Gasteiger partial charge in [0.15, 0.2) is 0 Å². The van der Waals surface area contributed by atoms with E-state index in [2.05, 4.69) is 41.4 Å². The highest BCUT2D eigenvalue weighted by atomic mass is 16.5. The number of likely N-dealkylation sites (N-methyl/N-ethyl adjacent to an activating group) is 1. The zero-order valence-electron chi connectivity index (χ0n) is 13.6. The predicted octanol–water partition coefficient (Wildman–Crippen LogP) is 2.70. The Morgan fingerprint density at radius 1 is 1.19 bits per heavy atom. The second-order valence-electron chi connectivity index (χ2n) is 6.05. The van der Waals surface area contributed by atoms with Crippen molar-refractivity contribution in [2.75, 3.05) is 39.9 Å². The molecule has 118 valence electrons. The number of rotatable bonds is 8. The van der Waals surface area contributed by atoms with E-state index in [1.54, 1.807) is 0 Å². The van der Waals surface area contributed by atoms with Crippen LogP contribution in [0.25, 0.3) is 0 Å². The van der Waals surface area contributed by atoms with Gasteiger partial charge in [-0.25, -0.2) is 0 Å². The van der Waals surface area contributed by atoms with E-state index >= 15 is 0 Å². The molecule has 1 fully saturated rings. The standard InChI is InChI=1S/C18H30N2O/c1-3-19-11-8-17-6-4-5-7-18(17)14-20-12-9-16(10-13-20)15-21-2/h4-7,16,19H,3,8-15H2,1-2H3. The first-order valence-corrected chi connectivity index (χ1v) is 8.32. The minimum absolute atomic E-state index is 0.759. The van der Waals surface area contributed by atoms with Gasteiger partial charge in [0.05, 0.1) is 0 Å². The van der Waals surface area contributed by atoms with E-state index < -0.39 is 0 Å².